The lowest BCUT2D eigenvalue weighted by molar-refractivity contribution is 0.248. The average Bonchev–Trinajstić information content (AvgIpc) is 2.67. The van der Waals surface area contributed by atoms with Crippen LogP contribution in [0, 0.1) is 5.82 Å². The van der Waals surface area contributed by atoms with Gasteiger partial charge >= 0.3 is 0 Å². The second-order valence-electron chi connectivity index (χ2n) is 3.86. The molecule has 1 aromatic heterocycles. The van der Waals surface area contributed by atoms with Gasteiger partial charge in [-0.1, -0.05) is 0 Å². The molecule has 1 aromatic carbocycles. The van der Waals surface area contributed by atoms with Crippen molar-refractivity contribution in [3.8, 4) is 0 Å². The fourth-order valence-corrected chi connectivity index (χ4v) is 1.50. The molecule has 1 heterocycles. The van der Waals surface area contributed by atoms with E-state index in [0.717, 1.165) is 11.1 Å². The molecule has 0 amide bonds. The predicted molar refractivity (Wildman–Crippen MR) is 59.6 cm³/mol. The average molecular weight is 223 g/mol. The van der Waals surface area contributed by atoms with Crippen molar-refractivity contribution in [3.05, 3.63) is 35.8 Å². The van der Waals surface area contributed by atoms with Crippen molar-refractivity contribution in [1.29, 1.82) is 0 Å². The van der Waals surface area contributed by atoms with Crippen molar-refractivity contribution in [2.45, 2.75) is 19.5 Å². The van der Waals surface area contributed by atoms with E-state index in [1.54, 1.807) is 12.1 Å². The number of fused-ring (bicyclic) bond motifs is 1. The van der Waals surface area contributed by atoms with E-state index in [0.29, 0.717) is 12.1 Å². The van der Waals surface area contributed by atoms with Gasteiger partial charge in [0.1, 0.15) is 17.2 Å². The first-order valence-corrected chi connectivity index (χ1v) is 5.21. The second kappa shape index (κ2) is 4.63. The Morgan fingerprint density at radius 3 is 3.00 bits per heavy atom. The Kier molecular flexibility index (Phi) is 3.22. The summed E-state index contributed by atoms with van der Waals surface area (Å²) in [5.74, 6) is 0.470. The number of halogens is 1. The molecule has 86 valence electrons. The number of rotatable bonds is 4. The maximum atomic E-state index is 12.9. The van der Waals surface area contributed by atoms with E-state index in [1.165, 1.54) is 12.1 Å². The zero-order valence-corrected chi connectivity index (χ0v) is 9.03. The SMILES string of the molecule is C[C@H](CO)NCc1cc2cc(F)ccc2o1. The van der Waals surface area contributed by atoms with Crippen LogP contribution in [-0.4, -0.2) is 17.8 Å². The van der Waals surface area contributed by atoms with Gasteiger partial charge in [0.2, 0.25) is 0 Å². The van der Waals surface area contributed by atoms with Gasteiger partial charge in [0.25, 0.3) is 0 Å². The van der Waals surface area contributed by atoms with E-state index >= 15 is 0 Å². The molecule has 0 unspecified atom stereocenters. The molecule has 0 fully saturated rings. The van der Waals surface area contributed by atoms with E-state index in [9.17, 15) is 4.39 Å². The van der Waals surface area contributed by atoms with Crippen molar-refractivity contribution >= 4 is 11.0 Å². The van der Waals surface area contributed by atoms with Crippen LogP contribution in [0.2, 0.25) is 0 Å². The number of aliphatic hydroxyl groups is 1. The summed E-state index contributed by atoms with van der Waals surface area (Å²) in [5, 5.41) is 12.7. The topological polar surface area (TPSA) is 45.4 Å². The predicted octanol–water partition coefficient (Wildman–Crippen LogP) is 2.04. The number of aliphatic hydroxyl groups excluding tert-OH is 1. The Labute approximate surface area is 92.9 Å². The van der Waals surface area contributed by atoms with Crippen molar-refractivity contribution in [2.75, 3.05) is 6.61 Å². The van der Waals surface area contributed by atoms with Gasteiger partial charge in [0.15, 0.2) is 0 Å². The minimum Gasteiger partial charge on any atom is -0.460 e. The third-order valence-corrected chi connectivity index (χ3v) is 2.43. The number of hydrogen-bond donors (Lipinski definition) is 2. The quantitative estimate of drug-likeness (QED) is 0.833. The van der Waals surface area contributed by atoms with Crippen LogP contribution in [0.4, 0.5) is 4.39 Å². The Bertz CT molecular complexity index is 481. The zero-order chi connectivity index (χ0) is 11.5. The van der Waals surface area contributed by atoms with Crippen LogP contribution in [0.5, 0.6) is 0 Å². The first kappa shape index (κ1) is 11.1. The van der Waals surface area contributed by atoms with Gasteiger partial charge in [0, 0.05) is 11.4 Å². The van der Waals surface area contributed by atoms with E-state index in [-0.39, 0.29) is 18.5 Å². The Morgan fingerprint density at radius 1 is 1.44 bits per heavy atom. The maximum absolute atomic E-state index is 12.9. The molecule has 0 aliphatic heterocycles. The van der Waals surface area contributed by atoms with Gasteiger partial charge in [-0.15, -0.1) is 0 Å². The minimum absolute atomic E-state index is 0.0185. The Hall–Kier alpha value is -1.39. The highest BCUT2D eigenvalue weighted by atomic mass is 19.1. The van der Waals surface area contributed by atoms with Gasteiger partial charge in [-0.25, -0.2) is 4.39 Å². The number of hydrogen-bond acceptors (Lipinski definition) is 3. The van der Waals surface area contributed by atoms with Gasteiger partial charge in [0.05, 0.1) is 13.2 Å². The van der Waals surface area contributed by atoms with E-state index in [2.05, 4.69) is 5.32 Å². The summed E-state index contributed by atoms with van der Waals surface area (Å²) in [6, 6.07) is 6.25. The molecule has 2 N–H and O–H groups in total. The van der Waals surface area contributed by atoms with Crippen molar-refractivity contribution < 1.29 is 13.9 Å². The van der Waals surface area contributed by atoms with Crippen LogP contribution in [0.15, 0.2) is 28.7 Å². The van der Waals surface area contributed by atoms with Gasteiger partial charge in [-0.05, 0) is 31.2 Å². The summed E-state index contributed by atoms with van der Waals surface area (Å²) >= 11 is 0. The molecule has 0 aliphatic rings. The van der Waals surface area contributed by atoms with Crippen molar-refractivity contribution in [2.24, 2.45) is 0 Å². The van der Waals surface area contributed by atoms with Crippen LogP contribution in [-0.2, 0) is 6.54 Å². The molecule has 16 heavy (non-hydrogen) atoms. The van der Waals surface area contributed by atoms with E-state index < -0.39 is 0 Å². The molecule has 0 saturated carbocycles. The monoisotopic (exact) mass is 223 g/mol. The fraction of sp³-hybridized carbons (Fsp3) is 0.333. The molecule has 0 bridgehead atoms. The zero-order valence-electron chi connectivity index (χ0n) is 9.03. The highest BCUT2D eigenvalue weighted by Gasteiger charge is 2.06. The molecule has 0 aliphatic carbocycles. The summed E-state index contributed by atoms with van der Waals surface area (Å²) in [5.41, 5.74) is 0.676. The summed E-state index contributed by atoms with van der Waals surface area (Å²) < 4.78 is 18.4. The summed E-state index contributed by atoms with van der Waals surface area (Å²) in [7, 11) is 0. The number of benzene rings is 1. The molecule has 2 rings (SSSR count). The molecule has 1 atom stereocenters. The number of furan rings is 1. The molecule has 2 aromatic rings. The lowest BCUT2D eigenvalue weighted by Crippen LogP contribution is -2.28. The van der Waals surface area contributed by atoms with Crippen LogP contribution < -0.4 is 5.32 Å². The van der Waals surface area contributed by atoms with Crippen LogP contribution in [0.3, 0.4) is 0 Å². The third kappa shape index (κ3) is 2.40. The Balaban J connectivity index is 2.13. The lowest BCUT2D eigenvalue weighted by atomic mass is 10.2. The van der Waals surface area contributed by atoms with E-state index in [1.807, 2.05) is 6.92 Å². The van der Waals surface area contributed by atoms with Gasteiger partial charge in [-0.2, -0.15) is 0 Å². The fourth-order valence-electron chi connectivity index (χ4n) is 1.50. The van der Waals surface area contributed by atoms with Crippen LogP contribution >= 0.6 is 0 Å². The standard InChI is InChI=1S/C12H14FNO2/c1-8(7-15)14-6-11-5-9-4-10(13)2-3-12(9)16-11/h2-5,8,14-15H,6-7H2,1H3/t8-/m1/s1. The summed E-state index contributed by atoms with van der Waals surface area (Å²) in [6.07, 6.45) is 0. The summed E-state index contributed by atoms with van der Waals surface area (Å²) in [4.78, 5) is 0. The smallest absolute Gasteiger partial charge is 0.134 e. The minimum atomic E-state index is -0.267. The Morgan fingerprint density at radius 2 is 2.25 bits per heavy atom. The highest BCUT2D eigenvalue weighted by molar-refractivity contribution is 5.77. The largest absolute Gasteiger partial charge is 0.460 e. The molecule has 0 saturated heterocycles. The highest BCUT2D eigenvalue weighted by Crippen LogP contribution is 2.20. The van der Waals surface area contributed by atoms with Crippen molar-refractivity contribution in [3.63, 3.8) is 0 Å². The molecule has 4 heteroatoms. The van der Waals surface area contributed by atoms with Gasteiger partial charge in [-0.3, -0.25) is 0 Å². The molecular weight excluding hydrogens is 209 g/mol. The molecule has 3 nitrogen and oxygen atoms in total. The molecule has 0 radical (unpaired) electrons. The lowest BCUT2D eigenvalue weighted by Gasteiger charge is -2.07. The van der Waals surface area contributed by atoms with Gasteiger partial charge < -0.3 is 14.8 Å². The normalized spacial score (nSPS) is 13.2. The second-order valence-corrected chi connectivity index (χ2v) is 3.86. The van der Waals surface area contributed by atoms with E-state index in [4.69, 9.17) is 9.52 Å². The first-order valence-electron chi connectivity index (χ1n) is 5.21. The third-order valence-electron chi connectivity index (χ3n) is 2.43. The maximum Gasteiger partial charge on any atom is 0.134 e. The van der Waals surface area contributed by atoms with Crippen LogP contribution in [0.1, 0.15) is 12.7 Å². The first-order chi connectivity index (χ1) is 7.69. The molecule has 0 spiro atoms. The molecular formula is C12H14FNO2. The summed E-state index contributed by atoms with van der Waals surface area (Å²) in [6.45, 7) is 2.48. The van der Waals surface area contributed by atoms with Crippen molar-refractivity contribution in [1.82, 2.24) is 5.32 Å². The number of nitrogens with one attached hydrogen (secondary N) is 1. The van der Waals surface area contributed by atoms with Crippen LogP contribution in [0.25, 0.3) is 11.0 Å².